The van der Waals surface area contributed by atoms with E-state index in [1.165, 1.54) is 18.3 Å². The van der Waals surface area contributed by atoms with E-state index in [0.29, 0.717) is 12.8 Å². The highest BCUT2D eigenvalue weighted by molar-refractivity contribution is 6.30. The second-order valence-corrected chi connectivity index (χ2v) is 7.83. The minimum absolute atomic E-state index is 0.0385. The average molecular weight is 453 g/mol. The summed E-state index contributed by atoms with van der Waals surface area (Å²) < 4.78 is 27.8. The Morgan fingerprint density at radius 1 is 1.32 bits per heavy atom. The first-order valence-corrected chi connectivity index (χ1v) is 9.84. The fourth-order valence-electron chi connectivity index (χ4n) is 3.66. The molecule has 0 aliphatic heterocycles. The van der Waals surface area contributed by atoms with E-state index in [9.17, 15) is 23.8 Å². The maximum atomic E-state index is 14.2. The first-order valence-electron chi connectivity index (χ1n) is 9.47. The van der Waals surface area contributed by atoms with E-state index in [0.717, 1.165) is 12.1 Å². The van der Waals surface area contributed by atoms with E-state index < -0.39 is 35.8 Å². The van der Waals surface area contributed by atoms with E-state index in [-0.39, 0.29) is 39.7 Å². The van der Waals surface area contributed by atoms with Crippen LogP contribution in [0.4, 0.5) is 14.6 Å². The van der Waals surface area contributed by atoms with Crippen LogP contribution in [0.2, 0.25) is 5.02 Å². The van der Waals surface area contributed by atoms with Crippen molar-refractivity contribution in [3.8, 4) is 0 Å². The normalized spacial score (nSPS) is 20.9. The number of carbonyl (C=O) groups is 1. The molecule has 0 unspecified atom stereocenters. The van der Waals surface area contributed by atoms with Gasteiger partial charge in [0.25, 0.3) is 5.91 Å². The molecule has 1 saturated carbocycles. The van der Waals surface area contributed by atoms with Crippen molar-refractivity contribution in [2.24, 2.45) is 0 Å². The van der Waals surface area contributed by atoms with Gasteiger partial charge < -0.3 is 20.4 Å². The summed E-state index contributed by atoms with van der Waals surface area (Å²) in [5.41, 5.74) is 0.168. The Bertz CT molecular complexity index is 1140. The highest BCUT2D eigenvalue weighted by atomic mass is 35.5. The maximum Gasteiger partial charge on any atom is 0.272 e. The summed E-state index contributed by atoms with van der Waals surface area (Å²) in [4.78, 5) is 22.4. The Morgan fingerprint density at radius 3 is 2.81 bits per heavy atom. The van der Waals surface area contributed by atoms with Gasteiger partial charge in [-0.2, -0.15) is 5.10 Å². The molecule has 3 aromatic rings. The average Bonchev–Trinajstić information content (AvgIpc) is 3.30. The Kier molecular flexibility index (Phi) is 5.73. The number of anilines is 1. The second kappa shape index (κ2) is 8.33. The Balaban J connectivity index is 1.63. The topological polar surface area (TPSA) is 127 Å². The number of nitrogens with zero attached hydrogens (tertiary/aromatic N) is 4. The van der Waals surface area contributed by atoms with Gasteiger partial charge in [-0.1, -0.05) is 11.6 Å². The molecule has 1 aromatic carbocycles. The molecule has 3 atom stereocenters. The highest BCUT2D eigenvalue weighted by Crippen LogP contribution is 2.28. The lowest BCUT2D eigenvalue weighted by molar-refractivity contribution is 0.0392. The van der Waals surface area contributed by atoms with Crippen molar-refractivity contribution in [2.45, 2.75) is 37.6 Å². The van der Waals surface area contributed by atoms with Gasteiger partial charge in [-0.3, -0.25) is 9.89 Å². The van der Waals surface area contributed by atoms with Crippen molar-refractivity contribution in [3.63, 3.8) is 0 Å². The van der Waals surface area contributed by atoms with Crippen LogP contribution < -0.4 is 5.32 Å². The molecule has 1 fully saturated rings. The Morgan fingerprint density at radius 2 is 2.10 bits per heavy atom. The molecule has 1 aliphatic rings. The minimum Gasteiger partial charge on any atom is -0.390 e. The summed E-state index contributed by atoms with van der Waals surface area (Å²) in [6.45, 7) is -0.243. The number of halogens is 3. The van der Waals surface area contributed by atoms with Crippen LogP contribution in [-0.2, 0) is 6.54 Å². The zero-order chi connectivity index (χ0) is 22.3. The number of carbonyl (C=O) groups excluding carboxylic acids is 1. The molecule has 0 saturated heterocycles. The van der Waals surface area contributed by atoms with E-state index in [1.54, 1.807) is 0 Å². The zero-order valence-electron chi connectivity index (χ0n) is 16.3. The molecule has 12 heteroatoms. The Labute approximate surface area is 180 Å². The number of aliphatic hydroxyl groups excluding tert-OH is 2. The summed E-state index contributed by atoms with van der Waals surface area (Å²) >= 11 is 5.69. The standard InChI is InChI=1S/C19H19ClF2N6O3/c1-28(6-8-4-9(21)5-10(20)14(8)22)19(31)15-13-17(23-7-24-18(13)27-26-15)25-11-2-3-12(29)16(11)30/h4-5,7,11-12,16,29-30H,2-3,6H2,1H3,(H2,23,24,25,26,27)/t11-,12-,16+/m1/s1. The highest BCUT2D eigenvalue weighted by Gasteiger charge is 2.34. The monoisotopic (exact) mass is 452 g/mol. The Hall–Kier alpha value is -2.89. The lowest BCUT2D eigenvalue weighted by Gasteiger charge is -2.20. The molecule has 4 rings (SSSR count). The molecule has 0 bridgehead atoms. The van der Waals surface area contributed by atoms with Gasteiger partial charge >= 0.3 is 0 Å². The van der Waals surface area contributed by atoms with Gasteiger partial charge in [0.15, 0.2) is 5.65 Å². The summed E-state index contributed by atoms with van der Waals surface area (Å²) in [6.07, 6.45) is 0.355. The number of aromatic nitrogens is 4. The third-order valence-corrected chi connectivity index (χ3v) is 5.56. The third-order valence-electron chi connectivity index (χ3n) is 5.29. The molecule has 2 heterocycles. The number of rotatable bonds is 5. The number of H-pyrrole nitrogens is 1. The van der Waals surface area contributed by atoms with Crippen molar-refractivity contribution in [1.29, 1.82) is 0 Å². The molecule has 9 nitrogen and oxygen atoms in total. The van der Waals surface area contributed by atoms with Crippen LogP contribution in [0.3, 0.4) is 0 Å². The number of hydrogen-bond donors (Lipinski definition) is 4. The summed E-state index contributed by atoms with van der Waals surface area (Å²) in [5, 5.41) is 29.5. The second-order valence-electron chi connectivity index (χ2n) is 7.43. The van der Waals surface area contributed by atoms with Crippen LogP contribution in [0, 0.1) is 11.6 Å². The lowest BCUT2D eigenvalue weighted by Crippen LogP contribution is -2.34. The van der Waals surface area contributed by atoms with Crippen LogP contribution >= 0.6 is 11.6 Å². The first kappa shape index (κ1) is 21.3. The van der Waals surface area contributed by atoms with Gasteiger partial charge in [0.05, 0.1) is 28.7 Å². The predicted octanol–water partition coefficient (Wildman–Crippen LogP) is 1.85. The van der Waals surface area contributed by atoms with Gasteiger partial charge in [-0.05, 0) is 25.0 Å². The zero-order valence-corrected chi connectivity index (χ0v) is 17.1. The van der Waals surface area contributed by atoms with Gasteiger partial charge in [0.1, 0.15) is 29.5 Å². The van der Waals surface area contributed by atoms with Crippen LogP contribution in [0.15, 0.2) is 18.5 Å². The molecular weight excluding hydrogens is 434 g/mol. The number of aliphatic hydroxyl groups is 2. The van der Waals surface area contributed by atoms with E-state index in [2.05, 4.69) is 25.5 Å². The molecular formula is C19H19ClF2N6O3. The van der Waals surface area contributed by atoms with Crippen molar-refractivity contribution in [1.82, 2.24) is 25.1 Å². The number of fused-ring (bicyclic) bond motifs is 1. The van der Waals surface area contributed by atoms with Crippen LogP contribution in [-0.4, -0.2) is 66.5 Å². The van der Waals surface area contributed by atoms with Crippen LogP contribution in [0.5, 0.6) is 0 Å². The minimum atomic E-state index is -0.987. The fraction of sp³-hybridized carbons (Fsp3) is 0.368. The van der Waals surface area contributed by atoms with Gasteiger partial charge in [0, 0.05) is 19.2 Å². The van der Waals surface area contributed by atoms with Crippen LogP contribution in [0.25, 0.3) is 11.0 Å². The quantitative estimate of drug-likeness (QED) is 0.435. The molecule has 0 radical (unpaired) electrons. The van der Waals surface area contributed by atoms with E-state index in [4.69, 9.17) is 11.6 Å². The first-order chi connectivity index (χ1) is 14.8. The van der Waals surface area contributed by atoms with Gasteiger partial charge in [0.2, 0.25) is 0 Å². The van der Waals surface area contributed by atoms with Crippen molar-refractivity contribution < 1.29 is 23.8 Å². The molecule has 2 aromatic heterocycles. The molecule has 1 aliphatic carbocycles. The summed E-state index contributed by atoms with van der Waals surface area (Å²) in [7, 11) is 1.42. The lowest BCUT2D eigenvalue weighted by atomic mass is 10.1. The van der Waals surface area contributed by atoms with Crippen molar-refractivity contribution >= 4 is 34.4 Å². The molecule has 4 N–H and O–H groups in total. The van der Waals surface area contributed by atoms with Crippen molar-refractivity contribution in [3.05, 3.63) is 46.4 Å². The molecule has 164 valence electrons. The number of nitrogens with one attached hydrogen (secondary N) is 2. The van der Waals surface area contributed by atoms with Gasteiger partial charge in [-0.15, -0.1) is 0 Å². The number of amides is 1. The fourth-order valence-corrected chi connectivity index (χ4v) is 3.88. The number of aromatic amines is 1. The van der Waals surface area contributed by atoms with E-state index in [1.807, 2.05) is 0 Å². The largest absolute Gasteiger partial charge is 0.390 e. The predicted molar refractivity (Wildman–Crippen MR) is 108 cm³/mol. The van der Waals surface area contributed by atoms with Crippen LogP contribution in [0.1, 0.15) is 28.9 Å². The van der Waals surface area contributed by atoms with E-state index >= 15 is 0 Å². The third kappa shape index (κ3) is 4.03. The van der Waals surface area contributed by atoms with Crippen molar-refractivity contribution in [2.75, 3.05) is 12.4 Å². The molecule has 0 spiro atoms. The maximum absolute atomic E-state index is 14.2. The molecule has 31 heavy (non-hydrogen) atoms. The summed E-state index contributed by atoms with van der Waals surface area (Å²) in [5.74, 6) is -1.83. The smallest absolute Gasteiger partial charge is 0.272 e. The van der Waals surface area contributed by atoms with Gasteiger partial charge in [-0.25, -0.2) is 18.7 Å². The SMILES string of the molecule is CN(Cc1cc(F)cc(Cl)c1F)C(=O)c1[nH]nc2ncnc(N[C@@H]3CC[C@@H](O)[C@H]3O)c12. The number of benzene rings is 1. The number of hydrogen-bond acceptors (Lipinski definition) is 7. The summed E-state index contributed by atoms with van der Waals surface area (Å²) in [6, 6.07) is 1.36. The molecule has 1 amide bonds.